The van der Waals surface area contributed by atoms with Gasteiger partial charge in [0.1, 0.15) is 9.88 Å². The summed E-state index contributed by atoms with van der Waals surface area (Å²) >= 11 is 3.07. The van der Waals surface area contributed by atoms with Gasteiger partial charge >= 0.3 is 0 Å². The second-order valence-electron chi connectivity index (χ2n) is 6.35. The Balaban J connectivity index is 1.87. The van der Waals surface area contributed by atoms with Gasteiger partial charge in [0.15, 0.2) is 0 Å². The Hall–Kier alpha value is -2.05. The van der Waals surface area contributed by atoms with Gasteiger partial charge in [-0.25, -0.2) is 4.98 Å². The van der Waals surface area contributed by atoms with Crippen LogP contribution in [0.4, 0.5) is 0 Å². The molecule has 130 valence electrons. The van der Waals surface area contributed by atoms with E-state index in [1.54, 1.807) is 17.5 Å². The first-order valence-corrected chi connectivity index (χ1v) is 9.95. The molecule has 0 aliphatic heterocycles. The summed E-state index contributed by atoms with van der Waals surface area (Å²) in [5, 5.41) is 8.12. The lowest BCUT2D eigenvalue weighted by Crippen LogP contribution is -2.32. The summed E-state index contributed by atoms with van der Waals surface area (Å²) in [5.74, 6) is 0.155. The van der Waals surface area contributed by atoms with Gasteiger partial charge in [-0.2, -0.15) is 11.3 Å². The summed E-state index contributed by atoms with van der Waals surface area (Å²) in [6, 6.07) is 5.84. The Bertz CT molecular complexity index is 869. The fraction of sp³-hybridized carbons (Fsp3) is 0.316. The van der Waals surface area contributed by atoms with Gasteiger partial charge in [-0.1, -0.05) is 19.9 Å². The molecular weight excluding hydrogens is 350 g/mol. The lowest BCUT2D eigenvalue weighted by molar-refractivity contribution is 0.0927. The highest BCUT2D eigenvalue weighted by atomic mass is 32.1. The smallest absolute Gasteiger partial charge is 0.263 e. The second-order valence-corrected chi connectivity index (χ2v) is 8.13. The lowest BCUT2D eigenvalue weighted by Gasteiger charge is -2.23. The van der Waals surface area contributed by atoms with Crippen molar-refractivity contribution < 1.29 is 4.79 Å². The van der Waals surface area contributed by atoms with Gasteiger partial charge in [0.2, 0.25) is 0 Å². The largest absolute Gasteiger partial charge is 0.343 e. The minimum absolute atomic E-state index is 0.0831. The molecule has 0 aromatic carbocycles. The number of amides is 1. The van der Waals surface area contributed by atoms with Crippen LogP contribution in [0.2, 0.25) is 0 Å². The molecule has 0 aliphatic carbocycles. The zero-order valence-electron chi connectivity index (χ0n) is 14.7. The summed E-state index contributed by atoms with van der Waals surface area (Å²) in [4.78, 5) is 22.6. The molecule has 1 N–H and O–H groups in total. The number of pyridine rings is 1. The number of nitrogens with zero attached hydrogens (tertiary/aromatic N) is 2. The molecule has 25 heavy (non-hydrogen) atoms. The molecule has 4 nitrogen and oxygen atoms in total. The summed E-state index contributed by atoms with van der Waals surface area (Å²) in [5.41, 5.74) is 3.84. The van der Waals surface area contributed by atoms with Crippen molar-refractivity contribution in [2.45, 2.75) is 33.7 Å². The zero-order chi connectivity index (χ0) is 18.0. The van der Waals surface area contributed by atoms with Gasteiger partial charge in [-0.05, 0) is 42.8 Å². The van der Waals surface area contributed by atoms with Crippen molar-refractivity contribution in [3.8, 4) is 10.6 Å². The lowest BCUT2D eigenvalue weighted by atomic mass is 9.97. The highest BCUT2D eigenvalue weighted by Crippen LogP contribution is 2.30. The number of carbonyl (C=O) groups excluding carboxylic acids is 1. The average Bonchev–Trinajstić information content (AvgIpc) is 3.22. The minimum atomic E-state index is -0.125. The number of thiophene rings is 1. The van der Waals surface area contributed by atoms with Crippen LogP contribution in [0.15, 0.2) is 35.2 Å². The molecule has 0 saturated carbocycles. The number of hydrogen-bond donors (Lipinski definition) is 1. The van der Waals surface area contributed by atoms with Crippen LogP contribution in [0.1, 0.15) is 46.5 Å². The Morgan fingerprint density at radius 1 is 1.24 bits per heavy atom. The molecular formula is C19H21N3OS2. The monoisotopic (exact) mass is 371 g/mol. The second kappa shape index (κ2) is 7.45. The first-order valence-electron chi connectivity index (χ1n) is 8.19. The predicted molar refractivity (Wildman–Crippen MR) is 104 cm³/mol. The first-order chi connectivity index (χ1) is 12.0. The molecule has 1 atom stereocenters. The number of carbonyl (C=O) groups is 1. The summed E-state index contributed by atoms with van der Waals surface area (Å²) in [6.07, 6.45) is 1.77. The van der Waals surface area contributed by atoms with E-state index in [4.69, 9.17) is 0 Å². The van der Waals surface area contributed by atoms with Gasteiger partial charge in [-0.15, -0.1) is 11.3 Å². The molecule has 0 radical (unpaired) electrons. The Morgan fingerprint density at radius 2 is 2.04 bits per heavy atom. The summed E-state index contributed by atoms with van der Waals surface area (Å²) in [6.45, 7) is 8.10. The third-order valence-electron chi connectivity index (χ3n) is 4.07. The van der Waals surface area contributed by atoms with Crippen LogP contribution in [-0.4, -0.2) is 15.9 Å². The van der Waals surface area contributed by atoms with Crippen LogP contribution in [0, 0.1) is 19.8 Å². The van der Waals surface area contributed by atoms with E-state index < -0.39 is 0 Å². The zero-order valence-corrected chi connectivity index (χ0v) is 16.4. The number of nitrogens with one attached hydrogen (secondary N) is 1. The summed E-state index contributed by atoms with van der Waals surface area (Å²) < 4.78 is 0. The Morgan fingerprint density at radius 3 is 2.68 bits per heavy atom. The molecule has 0 spiro atoms. The van der Waals surface area contributed by atoms with Crippen molar-refractivity contribution in [1.82, 2.24) is 15.3 Å². The molecule has 3 aromatic heterocycles. The highest BCUT2D eigenvalue weighted by Gasteiger charge is 2.24. The Kier molecular flexibility index (Phi) is 5.30. The SMILES string of the molecule is Cc1cccnc1C(NC(=O)c1sc(-c2ccsc2)nc1C)C(C)C. The van der Waals surface area contributed by atoms with E-state index in [9.17, 15) is 4.79 Å². The predicted octanol–water partition coefficient (Wildman–Crippen LogP) is 5.01. The van der Waals surface area contributed by atoms with Crippen molar-refractivity contribution in [2.75, 3.05) is 0 Å². The minimum Gasteiger partial charge on any atom is -0.343 e. The molecule has 1 amide bonds. The molecule has 3 rings (SSSR count). The van der Waals surface area contributed by atoms with Gasteiger partial charge in [0.25, 0.3) is 5.91 Å². The van der Waals surface area contributed by atoms with E-state index >= 15 is 0 Å². The van der Waals surface area contributed by atoms with Crippen LogP contribution in [0.3, 0.4) is 0 Å². The maximum Gasteiger partial charge on any atom is 0.263 e. The van der Waals surface area contributed by atoms with Crippen LogP contribution in [0.25, 0.3) is 10.6 Å². The molecule has 1 unspecified atom stereocenters. The van der Waals surface area contributed by atoms with E-state index in [2.05, 4.69) is 29.1 Å². The Labute approximate surface area is 156 Å². The third-order valence-corrected chi connectivity index (χ3v) is 5.96. The maximum atomic E-state index is 12.9. The molecule has 3 aromatic rings. The van der Waals surface area contributed by atoms with Crippen molar-refractivity contribution in [2.24, 2.45) is 5.92 Å². The fourth-order valence-corrected chi connectivity index (χ4v) is 4.38. The number of aryl methyl sites for hydroxylation is 2. The molecule has 3 heterocycles. The standard InChI is InChI=1S/C19H21N3OS2/c1-11(2)15(16-12(3)6-5-8-20-16)22-18(23)17-13(4)21-19(25-17)14-7-9-24-10-14/h5-11,15H,1-4H3,(H,22,23). The van der Waals surface area contributed by atoms with Crippen molar-refractivity contribution >= 4 is 28.6 Å². The van der Waals surface area contributed by atoms with Crippen LogP contribution >= 0.6 is 22.7 Å². The van der Waals surface area contributed by atoms with Crippen LogP contribution in [0.5, 0.6) is 0 Å². The van der Waals surface area contributed by atoms with Gasteiger partial charge in [0, 0.05) is 17.1 Å². The molecule has 0 aliphatic rings. The quantitative estimate of drug-likeness (QED) is 0.686. The van der Waals surface area contributed by atoms with Crippen molar-refractivity contribution in [3.63, 3.8) is 0 Å². The fourth-order valence-electron chi connectivity index (χ4n) is 2.70. The van der Waals surface area contributed by atoms with Crippen molar-refractivity contribution in [3.05, 3.63) is 57.0 Å². The number of aromatic nitrogens is 2. The van der Waals surface area contributed by atoms with E-state index in [0.29, 0.717) is 4.88 Å². The number of hydrogen-bond acceptors (Lipinski definition) is 5. The van der Waals surface area contributed by atoms with Crippen molar-refractivity contribution in [1.29, 1.82) is 0 Å². The number of rotatable bonds is 5. The topological polar surface area (TPSA) is 54.9 Å². The molecule has 0 saturated heterocycles. The highest BCUT2D eigenvalue weighted by molar-refractivity contribution is 7.17. The van der Waals surface area contributed by atoms with Gasteiger partial charge in [-0.3, -0.25) is 9.78 Å². The average molecular weight is 372 g/mol. The first kappa shape index (κ1) is 17.8. The molecule has 0 bridgehead atoms. The van der Waals surface area contributed by atoms with Crippen LogP contribution in [-0.2, 0) is 0 Å². The number of thiazole rings is 1. The van der Waals surface area contributed by atoms with E-state index in [0.717, 1.165) is 27.5 Å². The molecule has 6 heteroatoms. The van der Waals surface area contributed by atoms with Crippen LogP contribution < -0.4 is 5.32 Å². The molecule has 0 fully saturated rings. The van der Waals surface area contributed by atoms with E-state index in [1.165, 1.54) is 11.3 Å². The van der Waals surface area contributed by atoms with E-state index in [1.807, 2.05) is 42.8 Å². The normalized spacial score (nSPS) is 12.4. The maximum absolute atomic E-state index is 12.9. The van der Waals surface area contributed by atoms with E-state index in [-0.39, 0.29) is 17.9 Å². The third kappa shape index (κ3) is 3.80. The summed E-state index contributed by atoms with van der Waals surface area (Å²) in [7, 11) is 0. The van der Waals surface area contributed by atoms with Gasteiger partial charge in [0.05, 0.1) is 17.4 Å². The van der Waals surface area contributed by atoms with Gasteiger partial charge < -0.3 is 5.32 Å².